The van der Waals surface area contributed by atoms with E-state index in [1.165, 1.54) is 25.7 Å². The predicted octanol–water partition coefficient (Wildman–Crippen LogP) is 4.28. The predicted molar refractivity (Wildman–Crippen MR) is 78.8 cm³/mol. The third-order valence-corrected chi connectivity index (χ3v) is 3.91. The Balaban J connectivity index is 2.07. The summed E-state index contributed by atoms with van der Waals surface area (Å²) in [6.45, 7) is 0.859. The maximum absolute atomic E-state index is 10.5. The summed E-state index contributed by atoms with van der Waals surface area (Å²) in [6.07, 6.45) is 6.06. The third-order valence-electron chi connectivity index (χ3n) is 2.81. The summed E-state index contributed by atoms with van der Waals surface area (Å²) in [4.78, 5) is 11.2. The molecule has 19 heavy (non-hydrogen) atoms. The summed E-state index contributed by atoms with van der Waals surface area (Å²) in [5.41, 5.74) is 0.155. The van der Waals surface area contributed by atoms with Gasteiger partial charge in [0.05, 0.1) is 4.92 Å². The van der Waals surface area contributed by atoms with E-state index in [0.29, 0.717) is 0 Å². The van der Waals surface area contributed by atoms with Gasteiger partial charge in [-0.3, -0.25) is 10.1 Å². The lowest BCUT2D eigenvalue weighted by atomic mass is 10.2. The van der Waals surface area contributed by atoms with E-state index >= 15 is 0 Å². The summed E-state index contributed by atoms with van der Waals surface area (Å²) in [5.74, 6) is 1.07. The molecule has 0 aromatic heterocycles. The first kappa shape index (κ1) is 16.0. The van der Waals surface area contributed by atoms with Crippen LogP contribution in [0.25, 0.3) is 0 Å². The van der Waals surface area contributed by atoms with E-state index in [-0.39, 0.29) is 10.6 Å². The van der Waals surface area contributed by atoms with E-state index in [2.05, 4.69) is 0 Å². The summed E-state index contributed by atoms with van der Waals surface area (Å²) in [5, 5.41) is 10.5. The van der Waals surface area contributed by atoms with Gasteiger partial charge in [-0.25, -0.2) is 0 Å². The van der Waals surface area contributed by atoms with Gasteiger partial charge in [-0.15, -0.1) is 11.8 Å². The maximum Gasteiger partial charge on any atom is 0.269 e. The Kier molecular flexibility index (Phi) is 8.25. The van der Waals surface area contributed by atoms with Gasteiger partial charge < -0.3 is 4.74 Å². The van der Waals surface area contributed by atoms with Crippen molar-refractivity contribution in [1.29, 1.82) is 0 Å². The number of methoxy groups -OCH3 is 1. The van der Waals surface area contributed by atoms with Gasteiger partial charge in [0.25, 0.3) is 5.69 Å². The molecule has 1 aromatic carbocycles. The number of non-ortho nitro benzene ring substituents is 1. The number of hydrogen-bond acceptors (Lipinski definition) is 4. The molecular formula is C14H21NO3S. The van der Waals surface area contributed by atoms with Gasteiger partial charge in [0.2, 0.25) is 0 Å². The largest absolute Gasteiger partial charge is 0.385 e. The van der Waals surface area contributed by atoms with E-state index in [1.54, 1.807) is 31.0 Å². The molecule has 4 nitrogen and oxygen atoms in total. The first-order valence-corrected chi connectivity index (χ1v) is 7.59. The molecular weight excluding hydrogens is 262 g/mol. The number of nitrogens with zero attached hydrogens (tertiary/aromatic N) is 1. The molecule has 1 aromatic rings. The van der Waals surface area contributed by atoms with E-state index in [9.17, 15) is 10.1 Å². The third kappa shape index (κ3) is 7.18. The fourth-order valence-electron chi connectivity index (χ4n) is 1.73. The van der Waals surface area contributed by atoms with Crippen LogP contribution in [0.1, 0.15) is 32.1 Å². The first-order valence-electron chi connectivity index (χ1n) is 6.60. The minimum Gasteiger partial charge on any atom is -0.385 e. The molecule has 0 aliphatic heterocycles. The van der Waals surface area contributed by atoms with Crippen LogP contribution in [0, 0.1) is 10.1 Å². The average molecular weight is 283 g/mol. The van der Waals surface area contributed by atoms with Crippen LogP contribution in [-0.4, -0.2) is 24.4 Å². The van der Waals surface area contributed by atoms with E-state index in [4.69, 9.17) is 4.74 Å². The van der Waals surface area contributed by atoms with Crippen molar-refractivity contribution >= 4 is 17.4 Å². The van der Waals surface area contributed by atoms with Gasteiger partial charge in [-0.05, 0) is 30.7 Å². The Morgan fingerprint density at radius 2 is 1.74 bits per heavy atom. The van der Waals surface area contributed by atoms with Crippen molar-refractivity contribution in [2.45, 2.75) is 37.0 Å². The van der Waals surface area contributed by atoms with Crippen molar-refractivity contribution in [3.8, 4) is 0 Å². The fourth-order valence-corrected chi connectivity index (χ4v) is 2.65. The van der Waals surface area contributed by atoms with E-state index < -0.39 is 0 Å². The smallest absolute Gasteiger partial charge is 0.269 e. The normalized spacial score (nSPS) is 10.6. The molecule has 1 rings (SSSR count). The maximum atomic E-state index is 10.5. The van der Waals surface area contributed by atoms with Crippen molar-refractivity contribution in [3.63, 3.8) is 0 Å². The Labute approximate surface area is 118 Å². The molecule has 106 valence electrons. The number of benzene rings is 1. The molecule has 0 radical (unpaired) electrons. The molecule has 0 spiro atoms. The van der Waals surface area contributed by atoms with Gasteiger partial charge in [0, 0.05) is 30.7 Å². The molecule has 0 bridgehead atoms. The Morgan fingerprint density at radius 3 is 2.37 bits per heavy atom. The van der Waals surface area contributed by atoms with Crippen molar-refractivity contribution < 1.29 is 9.66 Å². The lowest BCUT2D eigenvalue weighted by Crippen LogP contribution is -1.89. The van der Waals surface area contributed by atoms with Crippen LogP contribution in [0.4, 0.5) is 5.69 Å². The fraction of sp³-hybridized carbons (Fsp3) is 0.571. The zero-order valence-electron chi connectivity index (χ0n) is 11.3. The standard InChI is InChI=1S/C14H21NO3S/c1-18-11-5-3-2-4-6-12-19-14-9-7-13(8-10-14)15(16)17/h7-10H,2-6,11-12H2,1H3. The Bertz CT molecular complexity index is 367. The lowest BCUT2D eigenvalue weighted by Gasteiger charge is -2.02. The van der Waals surface area contributed by atoms with Crippen LogP contribution < -0.4 is 0 Å². The molecule has 0 saturated heterocycles. The average Bonchev–Trinajstić information content (AvgIpc) is 2.42. The summed E-state index contributed by atoms with van der Waals surface area (Å²) in [6, 6.07) is 6.77. The van der Waals surface area contributed by atoms with Crippen molar-refractivity contribution in [2.24, 2.45) is 0 Å². The van der Waals surface area contributed by atoms with Gasteiger partial charge in [0.1, 0.15) is 0 Å². The minimum atomic E-state index is -0.367. The van der Waals surface area contributed by atoms with Crippen LogP contribution >= 0.6 is 11.8 Å². The second-order valence-corrected chi connectivity index (χ2v) is 5.53. The zero-order valence-corrected chi connectivity index (χ0v) is 12.2. The Hall–Kier alpha value is -1.07. The van der Waals surface area contributed by atoms with Gasteiger partial charge in [-0.2, -0.15) is 0 Å². The molecule has 0 unspecified atom stereocenters. The monoisotopic (exact) mass is 283 g/mol. The van der Waals surface area contributed by atoms with Crippen molar-refractivity contribution in [3.05, 3.63) is 34.4 Å². The highest BCUT2D eigenvalue weighted by molar-refractivity contribution is 7.99. The topological polar surface area (TPSA) is 52.4 Å². The molecule has 0 heterocycles. The van der Waals surface area contributed by atoms with Crippen LogP contribution in [-0.2, 0) is 4.74 Å². The van der Waals surface area contributed by atoms with Crippen LogP contribution in [0.5, 0.6) is 0 Å². The number of hydrogen-bond donors (Lipinski definition) is 0. The van der Waals surface area contributed by atoms with Gasteiger partial charge >= 0.3 is 0 Å². The lowest BCUT2D eigenvalue weighted by molar-refractivity contribution is -0.384. The van der Waals surface area contributed by atoms with E-state index in [0.717, 1.165) is 23.7 Å². The number of thioether (sulfide) groups is 1. The highest BCUT2D eigenvalue weighted by Gasteiger charge is 2.03. The number of nitro groups is 1. The highest BCUT2D eigenvalue weighted by atomic mass is 32.2. The SMILES string of the molecule is COCCCCCCCSc1ccc([N+](=O)[O-])cc1. The quantitative estimate of drug-likeness (QED) is 0.278. The summed E-state index contributed by atoms with van der Waals surface area (Å²) < 4.78 is 5.00. The second-order valence-electron chi connectivity index (χ2n) is 4.36. The van der Waals surface area contributed by atoms with E-state index in [1.807, 2.05) is 12.1 Å². The van der Waals surface area contributed by atoms with Gasteiger partial charge in [-0.1, -0.05) is 19.3 Å². The molecule has 0 saturated carbocycles. The number of unbranched alkanes of at least 4 members (excludes halogenated alkanes) is 4. The van der Waals surface area contributed by atoms with Crippen LogP contribution in [0.3, 0.4) is 0 Å². The minimum absolute atomic E-state index is 0.155. The highest BCUT2D eigenvalue weighted by Crippen LogP contribution is 2.22. The molecule has 5 heteroatoms. The van der Waals surface area contributed by atoms with Crippen LogP contribution in [0.15, 0.2) is 29.2 Å². The molecule has 0 N–H and O–H groups in total. The van der Waals surface area contributed by atoms with Gasteiger partial charge in [0.15, 0.2) is 0 Å². The van der Waals surface area contributed by atoms with Crippen molar-refractivity contribution in [1.82, 2.24) is 0 Å². The number of ether oxygens (including phenoxy) is 1. The Morgan fingerprint density at radius 1 is 1.11 bits per heavy atom. The molecule has 0 amide bonds. The van der Waals surface area contributed by atoms with Crippen LogP contribution in [0.2, 0.25) is 0 Å². The summed E-state index contributed by atoms with van der Waals surface area (Å²) >= 11 is 1.76. The second kappa shape index (κ2) is 9.81. The molecule has 0 atom stereocenters. The van der Waals surface area contributed by atoms with Crippen molar-refractivity contribution in [2.75, 3.05) is 19.5 Å². The number of rotatable bonds is 10. The summed E-state index contributed by atoms with van der Waals surface area (Å²) in [7, 11) is 1.74. The number of nitro benzene ring substituents is 1. The molecule has 0 fully saturated rings. The first-order chi connectivity index (χ1) is 9.24. The molecule has 0 aliphatic carbocycles. The zero-order chi connectivity index (χ0) is 13.9. The molecule has 0 aliphatic rings.